The van der Waals surface area contributed by atoms with Crippen LogP contribution in [0.25, 0.3) is 0 Å². The van der Waals surface area contributed by atoms with E-state index in [1.807, 2.05) is 28.6 Å². The maximum atomic E-state index is 12.3. The van der Waals surface area contributed by atoms with E-state index in [9.17, 15) is 5.11 Å². The highest BCUT2D eigenvalue weighted by atomic mass is 16.3. The van der Waals surface area contributed by atoms with Gasteiger partial charge in [0.2, 0.25) is 0 Å². The van der Waals surface area contributed by atoms with Gasteiger partial charge in [0.25, 0.3) is 5.82 Å². The van der Waals surface area contributed by atoms with Crippen molar-refractivity contribution in [3.63, 3.8) is 0 Å². The van der Waals surface area contributed by atoms with Crippen LogP contribution in [0.3, 0.4) is 0 Å². The smallest absolute Gasteiger partial charge is 0.291 e. The number of aliphatic imine (C=N–C) groups is 1. The molecular weight excluding hydrogens is 226 g/mol. The van der Waals surface area contributed by atoms with Crippen molar-refractivity contribution in [2.75, 3.05) is 0 Å². The van der Waals surface area contributed by atoms with Crippen molar-refractivity contribution < 1.29 is 9.67 Å². The maximum absolute atomic E-state index is 12.3. The highest BCUT2D eigenvalue weighted by Crippen LogP contribution is 2.21. The Balaban J connectivity index is 2.17. The van der Waals surface area contributed by atoms with Crippen molar-refractivity contribution >= 4 is 5.90 Å². The predicted molar refractivity (Wildman–Crippen MR) is 69.3 cm³/mol. The Hall–Kier alpha value is -1.32. The summed E-state index contributed by atoms with van der Waals surface area (Å²) in [5.74, 6) is 0.667. The summed E-state index contributed by atoms with van der Waals surface area (Å²) in [5, 5.41) is 12.3. The zero-order chi connectivity index (χ0) is 13.0. The molecule has 100 valence electrons. The van der Waals surface area contributed by atoms with E-state index in [1.165, 1.54) is 12.8 Å². The lowest BCUT2D eigenvalue weighted by Gasteiger charge is -2.12. The normalized spacial score (nSPS) is 17.6. The van der Waals surface area contributed by atoms with Crippen molar-refractivity contribution in [3.05, 3.63) is 18.2 Å². The number of nitrogens with zero attached hydrogens (tertiary/aromatic N) is 3. The molecule has 18 heavy (non-hydrogen) atoms. The summed E-state index contributed by atoms with van der Waals surface area (Å²) in [6, 6.07) is 0.257. The second-order valence-corrected chi connectivity index (χ2v) is 5.15. The Morgan fingerprint density at radius 1 is 1.50 bits per heavy atom. The molecule has 0 spiro atoms. The van der Waals surface area contributed by atoms with Crippen molar-refractivity contribution in [1.82, 2.24) is 4.57 Å². The van der Waals surface area contributed by atoms with Crippen molar-refractivity contribution in [2.24, 2.45) is 12.0 Å². The van der Waals surface area contributed by atoms with Gasteiger partial charge in [0.15, 0.2) is 0 Å². The number of unbranched alkanes of at least 4 members (excludes halogenated alkanes) is 1. The van der Waals surface area contributed by atoms with Crippen LogP contribution >= 0.6 is 0 Å². The molecule has 4 heteroatoms. The lowest BCUT2D eigenvalue weighted by atomic mass is 10.3. The van der Waals surface area contributed by atoms with Crippen LogP contribution in [0, 0.1) is 0 Å². The molecule has 1 fully saturated rings. The third-order valence-corrected chi connectivity index (χ3v) is 3.64. The van der Waals surface area contributed by atoms with E-state index in [4.69, 9.17) is 0 Å². The summed E-state index contributed by atoms with van der Waals surface area (Å²) in [6.07, 6.45) is 10.7. The van der Waals surface area contributed by atoms with Crippen molar-refractivity contribution in [1.29, 1.82) is 0 Å². The molecule has 1 aromatic heterocycles. The highest BCUT2D eigenvalue weighted by Gasteiger charge is 2.18. The number of hydrogen-bond acceptors (Lipinski definition) is 2. The van der Waals surface area contributed by atoms with Gasteiger partial charge in [-0.2, -0.15) is 0 Å². The summed E-state index contributed by atoms with van der Waals surface area (Å²) < 4.78 is 3.92. The van der Waals surface area contributed by atoms with Gasteiger partial charge in [0.1, 0.15) is 12.4 Å². The molecule has 2 rings (SSSR count). The van der Waals surface area contributed by atoms with Gasteiger partial charge in [0.05, 0.1) is 19.5 Å². The molecule has 0 saturated heterocycles. The molecular formula is C14H23N3O. The Kier molecular flexibility index (Phi) is 4.39. The molecule has 0 aromatic carbocycles. The van der Waals surface area contributed by atoms with Gasteiger partial charge in [-0.25, -0.2) is 9.13 Å². The highest BCUT2D eigenvalue weighted by molar-refractivity contribution is 5.85. The number of hydrogen-bond donors (Lipinski definition) is 0. The Morgan fingerprint density at radius 3 is 2.89 bits per heavy atom. The average molecular weight is 249 g/mol. The van der Waals surface area contributed by atoms with Gasteiger partial charge in [0, 0.05) is 6.04 Å². The largest absolute Gasteiger partial charge is 0.853 e. The van der Waals surface area contributed by atoms with Crippen LogP contribution in [0.4, 0.5) is 0 Å². The van der Waals surface area contributed by atoms with Crippen molar-refractivity contribution in [3.8, 4) is 0 Å². The fourth-order valence-corrected chi connectivity index (χ4v) is 2.56. The summed E-state index contributed by atoms with van der Waals surface area (Å²) in [6.45, 7) is 3.06. The standard InChI is InChI=1S/C14H23N3O/c1-3-4-9-17-11-10-16(2)14(17)13(18)15-12-7-5-6-8-12/h10-12H,3-9H2,1-2H3. The predicted octanol–water partition coefficient (Wildman–Crippen LogP) is 1.16. The molecule has 0 radical (unpaired) electrons. The van der Waals surface area contributed by atoms with Gasteiger partial charge < -0.3 is 5.11 Å². The third kappa shape index (κ3) is 2.92. The first-order valence-corrected chi connectivity index (χ1v) is 7.02. The monoisotopic (exact) mass is 249 g/mol. The van der Waals surface area contributed by atoms with E-state index in [0.717, 1.165) is 38.1 Å². The zero-order valence-electron chi connectivity index (χ0n) is 11.4. The van der Waals surface area contributed by atoms with E-state index >= 15 is 0 Å². The summed E-state index contributed by atoms with van der Waals surface area (Å²) in [4.78, 5) is 4.37. The van der Waals surface area contributed by atoms with E-state index in [1.54, 1.807) is 0 Å². The summed E-state index contributed by atoms with van der Waals surface area (Å²) >= 11 is 0. The minimum atomic E-state index is -0.0505. The summed E-state index contributed by atoms with van der Waals surface area (Å²) in [5.41, 5.74) is 0. The number of rotatable bonds is 5. The molecule has 0 atom stereocenters. The van der Waals surface area contributed by atoms with Crippen LogP contribution in [0.5, 0.6) is 0 Å². The fourth-order valence-electron chi connectivity index (χ4n) is 2.56. The van der Waals surface area contributed by atoms with E-state index in [0.29, 0.717) is 0 Å². The first-order chi connectivity index (χ1) is 8.72. The Morgan fingerprint density at radius 2 is 2.22 bits per heavy atom. The van der Waals surface area contributed by atoms with Crippen LogP contribution < -0.4 is 9.67 Å². The van der Waals surface area contributed by atoms with E-state index in [2.05, 4.69) is 11.9 Å². The molecule has 1 aliphatic carbocycles. The Bertz CT molecular complexity index is 417. The third-order valence-electron chi connectivity index (χ3n) is 3.64. The Labute approximate surface area is 109 Å². The average Bonchev–Trinajstić information content (AvgIpc) is 2.96. The fraction of sp³-hybridized carbons (Fsp3) is 0.714. The lowest BCUT2D eigenvalue weighted by Crippen LogP contribution is -2.40. The van der Waals surface area contributed by atoms with Gasteiger partial charge in [-0.05, 0) is 19.3 Å². The first kappa shape index (κ1) is 13.1. The summed E-state index contributed by atoms with van der Waals surface area (Å²) in [7, 11) is 1.92. The molecule has 1 heterocycles. The van der Waals surface area contributed by atoms with Crippen LogP contribution in [0.15, 0.2) is 17.4 Å². The number of aryl methyl sites for hydroxylation is 2. The quantitative estimate of drug-likeness (QED) is 0.439. The van der Waals surface area contributed by atoms with Crippen LogP contribution in [0.1, 0.15) is 51.3 Å². The number of aromatic nitrogens is 2. The van der Waals surface area contributed by atoms with Crippen LogP contribution in [-0.4, -0.2) is 16.5 Å². The van der Waals surface area contributed by atoms with Gasteiger partial charge >= 0.3 is 0 Å². The lowest BCUT2D eigenvalue weighted by molar-refractivity contribution is -0.674. The molecule has 4 nitrogen and oxygen atoms in total. The second kappa shape index (κ2) is 6.03. The van der Waals surface area contributed by atoms with Gasteiger partial charge in [-0.15, -0.1) is 0 Å². The molecule has 0 unspecified atom stereocenters. The SMILES string of the molecule is CCCCn1cc[n+](C)c1/C([O-])=N/C1CCCC1. The van der Waals surface area contributed by atoms with Gasteiger partial charge in [-0.1, -0.05) is 26.2 Å². The van der Waals surface area contributed by atoms with Crippen molar-refractivity contribution in [2.45, 2.75) is 58.0 Å². The van der Waals surface area contributed by atoms with Crippen LogP contribution in [0.2, 0.25) is 0 Å². The topological polar surface area (TPSA) is 44.2 Å². The molecule has 0 bridgehead atoms. The molecule has 0 amide bonds. The second-order valence-electron chi connectivity index (χ2n) is 5.15. The minimum absolute atomic E-state index is 0.0505. The molecule has 0 N–H and O–H groups in total. The molecule has 1 saturated carbocycles. The molecule has 1 aromatic rings. The molecule has 0 aliphatic heterocycles. The zero-order valence-corrected chi connectivity index (χ0v) is 11.4. The minimum Gasteiger partial charge on any atom is -0.853 e. The first-order valence-electron chi connectivity index (χ1n) is 7.02. The van der Waals surface area contributed by atoms with E-state index < -0.39 is 0 Å². The number of imidazole rings is 1. The van der Waals surface area contributed by atoms with Gasteiger partial charge in [-0.3, -0.25) is 4.99 Å². The van der Waals surface area contributed by atoms with E-state index in [-0.39, 0.29) is 11.9 Å². The molecule has 1 aliphatic rings. The van der Waals surface area contributed by atoms with Crippen LogP contribution in [-0.2, 0) is 13.6 Å². The maximum Gasteiger partial charge on any atom is 0.291 e.